The minimum atomic E-state index is -0.853. The third-order valence-electron chi connectivity index (χ3n) is 9.38. The normalized spacial score (nSPS) is 12.7. The summed E-state index contributed by atoms with van der Waals surface area (Å²) in [7, 11) is 0. The molecule has 0 unspecified atom stereocenters. The van der Waals surface area contributed by atoms with E-state index in [1.165, 1.54) is 22.3 Å². The molecule has 0 heterocycles. The smallest absolute Gasteiger partial charge is 0.407 e. The van der Waals surface area contributed by atoms with Crippen LogP contribution in [0.1, 0.15) is 59.4 Å². The Balaban J connectivity index is 0.976. The van der Waals surface area contributed by atoms with E-state index in [0.717, 1.165) is 23.1 Å². The van der Waals surface area contributed by atoms with Gasteiger partial charge in [0.1, 0.15) is 12.6 Å². The number of carbonyl (C=O) groups excluding carboxylic acids is 3. The van der Waals surface area contributed by atoms with Crippen LogP contribution in [0, 0.1) is 0 Å². The van der Waals surface area contributed by atoms with E-state index in [1.54, 1.807) is 11.8 Å². The quantitative estimate of drug-likeness (QED) is 0.0721. The number of hydrogen-bond acceptors (Lipinski definition) is 5. The molecule has 0 saturated carbocycles. The highest BCUT2D eigenvalue weighted by Crippen LogP contribution is 2.48. The standard InChI is InChI=1S/C43H43N3O4S/c44-41(48)39(30-51-43(31-17-5-1-6-18-31,32-19-7-2-8-20-32)33-21-9-3-10-22-33)46-40(47)27-11-4-16-28-45-42(49)50-29-38-36-25-14-12-23-34(36)35-24-13-15-26-37(35)38/h1-3,5-10,12-15,17-26,38-39H,4,11,16,27-30H2,(H2,44,48)(H,45,49)(H,46,47)/t39-/m0/s1. The third-order valence-corrected chi connectivity index (χ3v) is 11.0. The average molecular weight is 698 g/mol. The highest BCUT2D eigenvalue weighted by molar-refractivity contribution is 8.00. The maximum absolute atomic E-state index is 13.0. The van der Waals surface area contributed by atoms with Crippen LogP contribution in [-0.2, 0) is 19.1 Å². The van der Waals surface area contributed by atoms with Crippen LogP contribution in [0.4, 0.5) is 4.79 Å². The van der Waals surface area contributed by atoms with Crippen molar-refractivity contribution in [2.75, 3.05) is 18.9 Å². The highest BCUT2D eigenvalue weighted by Gasteiger charge is 2.38. The summed E-state index contributed by atoms with van der Waals surface area (Å²) in [6.07, 6.45) is 1.83. The summed E-state index contributed by atoms with van der Waals surface area (Å²) in [5.41, 5.74) is 13.8. The summed E-state index contributed by atoms with van der Waals surface area (Å²) in [5.74, 6) is -0.514. The first-order chi connectivity index (χ1) is 25.0. The lowest BCUT2D eigenvalue weighted by Gasteiger charge is -2.36. The van der Waals surface area contributed by atoms with Gasteiger partial charge in [-0.25, -0.2) is 4.79 Å². The highest BCUT2D eigenvalue weighted by atomic mass is 32.2. The van der Waals surface area contributed by atoms with Crippen molar-refractivity contribution in [2.45, 2.75) is 42.4 Å². The van der Waals surface area contributed by atoms with Crippen molar-refractivity contribution in [1.82, 2.24) is 10.6 Å². The maximum atomic E-state index is 13.0. The molecule has 0 bridgehead atoms. The molecule has 8 heteroatoms. The maximum Gasteiger partial charge on any atom is 0.407 e. The Morgan fingerprint density at radius 3 is 1.67 bits per heavy atom. The SMILES string of the molecule is NC(=O)[C@H](CSC(c1ccccc1)(c1ccccc1)c1ccccc1)NC(=O)CCCCCNC(=O)OCC1c2ccccc2-c2ccccc21. The molecule has 0 saturated heterocycles. The molecule has 0 aliphatic heterocycles. The Morgan fingerprint density at radius 2 is 1.16 bits per heavy atom. The molecular formula is C43H43N3O4S. The van der Waals surface area contributed by atoms with Gasteiger partial charge in [0, 0.05) is 24.6 Å². The lowest BCUT2D eigenvalue weighted by molar-refractivity contribution is -0.126. The second-order valence-electron chi connectivity index (χ2n) is 12.7. The average Bonchev–Trinajstić information content (AvgIpc) is 3.49. The molecule has 260 valence electrons. The van der Waals surface area contributed by atoms with Crippen LogP contribution in [0.15, 0.2) is 140 Å². The zero-order valence-electron chi connectivity index (χ0n) is 28.5. The van der Waals surface area contributed by atoms with E-state index in [9.17, 15) is 14.4 Å². The molecule has 0 radical (unpaired) electrons. The largest absolute Gasteiger partial charge is 0.449 e. The van der Waals surface area contributed by atoms with Crippen molar-refractivity contribution < 1.29 is 19.1 Å². The molecule has 0 fully saturated rings. The number of amides is 3. The predicted octanol–water partition coefficient (Wildman–Crippen LogP) is 7.78. The van der Waals surface area contributed by atoms with E-state index in [1.807, 2.05) is 78.9 Å². The molecule has 4 N–H and O–H groups in total. The van der Waals surface area contributed by atoms with Crippen molar-refractivity contribution in [1.29, 1.82) is 0 Å². The molecule has 0 spiro atoms. The first-order valence-electron chi connectivity index (χ1n) is 17.5. The van der Waals surface area contributed by atoms with Gasteiger partial charge in [0.05, 0.1) is 4.75 Å². The van der Waals surface area contributed by atoms with Crippen molar-refractivity contribution >= 4 is 29.7 Å². The number of thioether (sulfide) groups is 1. The Bertz CT molecular complexity index is 1780. The zero-order chi connectivity index (χ0) is 35.5. The van der Waals surface area contributed by atoms with Gasteiger partial charge in [-0.1, -0.05) is 146 Å². The van der Waals surface area contributed by atoms with E-state index in [0.29, 0.717) is 19.4 Å². The first-order valence-corrected chi connectivity index (χ1v) is 18.4. The fourth-order valence-corrected chi connectivity index (χ4v) is 8.44. The number of fused-ring (bicyclic) bond motifs is 3. The van der Waals surface area contributed by atoms with Crippen molar-refractivity contribution in [3.8, 4) is 11.1 Å². The molecular weight excluding hydrogens is 655 g/mol. The van der Waals surface area contributed by atoms with E-state index >= 15 is 0 Å². The summed E-state index contributed by atoms with van der Waals surface area (Å²) >= 11 is 1.58. The van der Waals surface area contributed by atoms with Crippen LogP contribution in [0.5, 0.6) is 0 Å². The van der Waals surface area contributed by atoms with Gasteiger partial charge in [-0.3, -0.25) is 9.59 Å². The number of unbranched alkanes of at least 4 members (excludes halogenated alkanes) is 2. The van der Waals surface area contributed by atoms with Gasteiger partial charge < -0.3 is 21.1 Å². The van der Waals surface area contributed by atoms with Crippen LogP contribution in [-0.4, -0.2) is 42.9 Å². The number of primary amides is 1. The van der Waals surface area contributed by atoms with E-state index in [4.69, 9.17) is 10.5 Å². The van der Waals surface area contributed by atoms with Crippen LogP contribution in [0.2, 0.25) is 0 Å². The Hall–Kier alpha value is -5.34. The fourth-order valence-electron chi connectivity index (χ4n) is 6.87. The van der Waals surface area contributed by atoms with E-state index in [2.05, 4.69) is 71.3 Å². The second kappa shape index (κ2) is 17.1. The molecule has 0 aromatic heterocycles. The number of alkyl carbamates (subject to hydrolysis) is 1. The fraction of sp³-hybridized carbons (Fsp3) is 0.233. The summed E-state index contributed by atoms with van der Waals surface area (Å²) in [5, 5.41) is 5.72. The summed E-state index contributed by atoms with van der Waals surface area (Å²) in [6.45, 7) is 0.710. The number of nitrogens with one attached hydrogen (secondary N) is 2. The zero-order valence-corrected chi connectivity index (χ0v) is 29.3. The summed E-state index contributed by atoms with van der Waals surface area (Å²) in [4.78, 5) is 38.2. The number of ether oxygens (including phenoxy) is 1. The van der Waals surface area contributed by atoms with Crippen LogP contribution >= 0.6 is 11.8 Å². The lowest BCUT2D eigenvalue weighted by atomic mass is 9.84. The van der Waals surface area contributed by atoms with Gasteiger partial charge in [0.15, 0.2) is 0 Å². The van der Waals surface area contributed by atoms with E-state index < -0.39 is 22.8 Å². The molecule has 1 atom stereocenters. The number of nitrogens with two attached hydrogens (primary N) is 1. The molecule has 6 rings (SSSR count). The van der Waals surface area contributed by atoms with Crippen LogP contribution < -0.4 is 16.4 Å². The number of benzene rings is 5. The van der Waals surface area contributed by atoms with Gasteiger partial charge >= 0.3 is 6.09 Å². The predicted molar refractivity (Wildman–Crippen MR) is 204 cm³/mol. The molecule has 51 heavy (non-hydrogen) atoms. The summed E-state index contributed by atoms with van der Waals surface area (Å²) < 4.78 is 4.99. The van der Waals surface area contributed by atoms with Gasteiger partial charge in [-0.05, 0) is 51.8 Å². The Labute approximate surface area is 304 Å². The van der Waals surface area contributed by atoms with Crippen molar-refractivity contribution in [3.63, 3.8) is 0 Å². The van der Waals surface area contributed by atoms with Gasteiger partial charge in [-0.15, -0.1) is 11.8 Å². The molecule has 3 amide bonds. The van der Waals surface area contributed by atoms with Gasteiger partial charge in [0.2, 0.25) is 11.8 Å². The second-order valence-corrected chi connectivity index (χ2v) is 13.9. The minimum Gasteiger partial charge on any atom is -0.449 e. The van der Waals surface area contributed by atoms with E-state index in [-0.39, 0.29) is 30.6 Å². The Morgan fingerprint density at radius 1 is 0.667 bits per heavy atom. The van der Waals surface area contributed by atoms with Crippen molar-refractivity contribution in [2.24, 2.45) is 5.73 Å². The molecule has 7 nitrogen and oxygen atoms in total. The van der Waals surface area contributed by atoms with Crippen molar-refractivity contribution in [3.05, 3.63) is 167 Å². The van der Waals surface area contributed by atoms with Gasteiger partial charge in [-0.2, -0.15) is 0 Å². The number of carbonyl (C=O) groups is 3. The lowest BCUT2D eigenvalue weighted by Crippen LogP contribution is -2.47. The molecule has 1 aliphatic carbocycles. The molecule has 5 aromatic rings. The first kappa shape index (κ1) is 35.5. The monoisotopic (exact) mass is 697 g/mol. The Kier molecular flexibility index (Phi) is 11.9. The van der Waals surface area contributed by atoms with Crippen LogP contribution in [0.25, 0.3) is 11.1 Å². The van der Waals surface area contributed by atoms with Crippen LogP contribution in [0.3, 0.4) is 0 Å². The molecule has 1 aliphatic rings. The number of hydrogen-bond donors (Lipinski definition) is 3. The minimum absolute atomic E-state index is 0.00993. The van der Waals surface area contributed by atoms with Gasteiger partial charge in [0.25, 0.3) is 0 Å². The molecule has 5 aromatic carbocycles. The third kappa shape index (κ3) is 8.35. The number of rotatable bonds is 16. The topological polar surface area (TPSA) is 111 Å². The summed E-state index contributed by atoms with van der Waals surface area (Å²) in [6, 6.07) is 46.2.